The van der Waals surface area contributed by atoms with Crippen molar-refractivity contribution in [1.29, 1.82) is 0 Å². The van der Waals surface area contributed by atoms with Crippen LogP contribution in [0.15, 0.2) is 76.0 Å². The number of hydrogen-bond acceptors (Lipinski definition) is 9. The van der Waals surface area contributed by atoms with Gasteiger partial charge in [-0.15, -0.1) is 15.3 Å². The highest BCUT2D eigenvalue weighted by Crippen LogP contribution is 2.31. The van der Waals surface area contributed by atoms with E-state index in [1.165, 1.54) is 40.3 Å². The van der Waals surface area contributed by atoms with Gasteiger partial charge in [0.15, 0.2) is 0 Å². The lowest BCUT2D eigenvalue weighted by Crippen LogP contribution is -2.37. The van der Waals surface area contributed by atoms with Gasteiger partial charge in [0, 0.05) is 11.6 Å². The normalized spacial score (nSPS) is 13.1. The lowest BCUT2D eigenvalue weighted by atomic mass is 9.93. The second-order valence-corrected chi connectivity index (χ2v) is 8.43. The molecule has 5 rings (SSSR count). The molecule has 3 heterocycles. The van der Waals surface area contributed by atoms with Crippen molar-refractivity contribution in [2.24, 2.45) is 0 Å². The summed E-state index contributed by atoms with van der Waals surface area (Å²) in [7, 11) is 0. The Morgan fingerprint density at radius 3 is 2.57 bits per heavy atom. The molecule has 0 bridgehead atoms. The summed E-state index contributed by atoms with van der Waals surface area (Å²) in [5.41, 5.74) is -1.86. The summed E-state index contributed by atoms with van der Waals surface area (Å²) in [4.78, 5) is 3.83. The topological polar surface area (TPSA) is 121 Å². The lowest BCUT2D eigenvalue weighted by molar-refractivity contribution is -0.00893. The number of aliphatic hydroxyl groups is 1. The SMILES string of the molecule is OC(Cn1cncn1)(Cn1cc(Sc2nnc(-c3ccccc3F)o2)nn1)c1ccc(F)cc1F. The predicted octanol–water partition coefficient (Wildman–Crippen LogP) is 3.08. The van der Waals surface area contributed by atoms with E-state index in [4.69, 9.17) is 4.42 Å². The largest absolute Gasteiger partial charge is 0.411 e. The first-order valence-electron chi connectivity index (χ1n) is 10.1. The van der Waals surface area contributed by atoms with Crippen molar-refractivity contribution >= 4 is 11.8 Å². The first-order chi connectivity index (χ1) is 16.9. The molecule has 0 amide bonds. The fraction of sp³-hybridized carbons (Fsp3) is 0.143. The molecule has 1 atom stereocenters. The van der Waals surface area contributed by atoms with Gasteiger partial charge in [-0.05, 0) is 30.0 Å². The van der Waals surface area contributed by atoms with Gasteiger partial charge < -0.3 is 9.52 Å². The Balaban J connectivity index is 1.37. The zero-order valence-electron chi connectivity index (χ0n) is 17.7. The number of nitrogens with zero attached hydrogens (tertiary/aromatic N) is 8. The van der Waals surface area contributed by atoms with Crippen LogP contribution >= 0.6 is 11.8 Å². The minimum Gasteiger partial charge on any atom is -0.411 e. The van der Waals surface area contributed by atoms with Crippen molar-refractivity contribution in [1.82, 2.24) is 40.0 Å². The summed E-state index contributed by atoms with van der Waals surface area (Å²) in [5.74, 6) is -2.19. The standard InChI is InChI=1S/C21H15F3N8O2S/c22-13-5-6-15(17(24)7-13)21(33,10-32-12-25-11-26-32)9-31-8-18(27-30-31)35-20-29-28-19(34-20)14-3-1-2-4-16(14)23/h1-8,11-12,33H,9-10H2. The molecule has 0 spiro atoms. The molecule has 0 saturated heterocycles. The van der Waals surface area contributed by atoms with Crippen LogP contribution in [0.4, 0.5) is 13.2 Å². The fourth-order valence-electron chi connectivity index (χ4n) is 3.43. The van der Waals surface area contributed by atoms with E-state index in [0.717, 1.165) is 23.9 Å². The summed E-state index contributed by atoms with van der Waals surface area (Å²) >= 11 is 0.972. The van der Waals surface area contributed by atoms with Crippen LogP contribution in [0, 0.1) is 17.5 Å². The summed E-state index contributed by atoms with van der Waals surface area (Å²) in [6.45, 7) is -0.430. The van der Waals surface area contributed by atoms with Crippen molar-refractivity contribution in [2.75, 3.05) is 0 Å². The molecular formula is C21H15F3N8O2S. The van der Waals surface area contributed by atoms with Crippen LogP contribution in [-0.4, -0.2) is 45.1 Å². The minimum atomic E-state index is -1.87. The second-order valence-electron chi connectivity index (χ2n) is 7.46. The zero-order valence-corrected chi connectivity index (χ0v) is 18.5. The maximum Gasteiger partial charge on any atom is 0.283 e. The minimum absolute atomic E-state index is 0.00647. The van der Waals surface area contributed by atoms with E-state index < -0.39 is 23.1 Å². The molecule has 0 radical (unpaired) electrons. The van der Waals surface area contributed by atoms with Gasteiger partial charge in [-0.1, -0.05) is 23.4 Å². The molecule has 5 aromatic rings. The molecule has 35 heavy (non-hydrogen) atoms. The summed E-state index contributed by atoms with van der Waals surface area (Å²) < 4.78 is 50.1. The third kappa shape index (κ3) is 4.93. The van der Waals surface area contributed by atoms with Gasteiger partial charge >= 0.3 is 0 Å². The highest BCUT2D eigenvalue weighted by molar-refractivity contribution is 7.99. The monoisotopic (exact) mass is 500 g/mol. The Morgan fingerprint density at radius 1 is 0.971 bits per heavy atom. The van der Waals surface area contributed by atoms with Crippen molar-refractivity contribution in [3.05, 3.63) is 84.3 Å². The first kappa shape index (κ1) is 22.7. The van der Waals surface area contributed by atoms with E-state index in [2.05, 4.69) is 30.6 Å². The van der Waals surface area contributed by atoms with Gasteiger partial charge in [0.05, 0.1) is 24.8 Å². The molecule has 1 unspecified atom stereocenters. The number of rotatable bonds is 8. The summed E-state index contributed by atoms with van der Waals surface area (Å²) in [5, 5.41) is 31.5. The van der Waals surface area contributed by atoms with Gasteiger partial charge in [0.1, 0.15) is 40.7 Å². The molecule has 178 valence electrons. The van der Waals surface area contributed by atoms with Gasteiger partial charge in [-0.25, -0.2) is 27.5 Å². The predicted molar refractivity (Wildman–Crippen MR) is 114 cm³/mol. The quantitative estimate of drug-likeness (QED) is 0.343. The van der Waals surface area contributed by atoms with Crippen LogP contribution in [0.5, 0.6) is 0 Å². The van der Waals surface area contributed by atoms with Crippen molar-refractivity contribution in [3.8, 4) is 11.5 Å². The molecule has 3 aromatic heterocycles. The second kappa shape index (κ2) is 9.31. The van der Waals surface area contributed by atoms with Crippen LogP contribution in [-0.2, 0) is 18.7 Å². The third-order valence-corrected chi connectivity index (χ3v) is 5.70. The van der Waals surface area contributed by atoms with Crippen LogP contribution in [0.2, 0.25) is 0 Å². The van der Waals surface area contributed by atoms with E-state index in [1.807, 2.05) is 0 Å². The summed E-state index contributed by atoms with van der Waals surface area (Å²) in [6.07, 6.45) is 4.11. The van der Waals surface area contributed by atoms with Crippen molar-refractivity contribution in [3.63, 3.8) is 0 Å². The molecule has 10 nitrogen and oxygen atoms in total. The lowest BCUT2D eigenvalue weighted by Gasteiger charge is -2.28. The zero-order chi connectivity index (χ0) is 24.4. The molecule has 1 N–H and O–H groups in total. The van der Waals surface area contributed by atoms with Crippen LogP contribution < -0.4 is 0 Å². The van der Waals surface area contributed by atoms with Crippen molar-refractivity contribution in [2.45, 2.75) is 28.9 Å². The first-order valence-corrected chi connectivity index (χ1v) is 10.9. The van der Waals surface area contributed by atoms with Crippen LogP contribution in [0.1, 0.15) is 5.56 Å². The van der Waals surface area contributed by atoms with Gasteiger partial charge in [0.2, 0.25) is 0 Å². The van der Waals surface area contributed by atoms with Crippen LogP contribution in [0.3, 0.4) is 0 Å². The van der Waals surface area contributed by atoms with Crippen LogP contribution in [0.25, 0.3) is 11.5 Å². The Labute approximate surface area is 199 Å². The molecule has 0 aliphatic carbocycles. The molecule has 14 heteroatoms. The average Bonchev–Trinajstić information content (AvgIpc) is 3.58. The molecule has 0 fully saturated rings. The Hall–Kier alpha value is -4.04. The Morgan fingerprint density at radius 2 is 1.80 bits per heavy atom. The summed E-state index contributed by atoms with van der Waals surface area (Å²) in [6, 6.07) is 8.89. The maximum atomic E-state index is 14.6. The molecule has 2 aromatic carbocycles. The maximum absolute atomic E-state index is 14.6. The fourth-order valence-corrected chi connectivity index (χ4v) is 4.06. The molecule has 0 aliphatic rings. The number of aromatic nitrogens is 8. The number of halogens is 3. The Kier molecular flexibility index (Phi) is 6.05. The number of benzene rings is 2. The van der Waals surface area contributed by atoms with Gasteiger partial charge in [-0.3, -0.25) is 0 Å². The van der Waals surface area contributed by atoms with E-state index in [0.29, 0.717) is 11.1 Å². The Bertz CT molecular complexity index is 1460. The van der Waals surface area contributed by atoms with Crippen molar-refractivity contribution < 1.29 is 22.7 Å². The van der Waals surface area contributed by atoms with E-state index in [9.17, 15) is 18.3 Å². The number of hydrogen-bond donors (Lipinski definition) is 1. The molecule has 0 aliphatic heterocycles. The van der Waals surface area contributed by atoms with E-state index in [1.54, 1.807) is 12.1 Å². The van der Waals surface area contributed by atoms with Gasteiger partial charge in [-0.2, -0.15) is 5.10 Å². The van der Waals surface area contributed by atoms with Gasteiger partial charge in [0.25, 0.3) is 11.1 Å². The van der Waals surface area contributed by atoms with E-state index in [-0.39, 0.29) is 35.3 Å². The highest BCUT2D eigenvalue weighted by atomic mass is 32.2. The average molecular weight is 500 g/mol. The van der Waals surface area contributed by atoms with E-state index >= 15 is 0 Å². The highest BCUT2D eigenvalue weighted by Gasteiger charge is 2.35. The molecule has 0 saturated carbocycles. The molecular weight excluding hydrogens is 485 g/mol. The smallest absolute Gasteiger partial charge is 0.283 e. The third-order valence-electron chi connectivity index (χ3n) is 4.97.